The van der Waals surface area contributed by atoms with Crippen molar-refractivity contribution in [3.05, 3.63) is 16.3 Å². The average Bonchev–Trinajstić information content (AvgIpc) is 2.33. The van der Waals surface area contributed by atoms with Gasteiger partial charge in [0.2, 0.25) is 11.8 Å². The van der Waals surface area contributed by atoms with E-state index in [0.29, 0.717) is 18.9 Å². The fourth-order valence-corrected chi connectivity index (χ4v) is 1.73. The standard InChI is InChI=1S/C11H20N6O2/c1-4-16(7-5-6-15(2)3)10-9(17(18)19)8-13-11(12)14-10/h8H,4-7H2,1-3H3,(H2,12,13,14). The third-order valence-electron chi connectivity index (χ3n) is 2.68. The SMILES string of the molecule is CCN(CCCN(C)C)c1nc(N)ncc1[N+](=O)[O-]. The molecule has 1 heterocycles. The van der Waals surface area contributed by atoms with Gasteiger partial charge in [0, 0.05) is 13.1 Å². The number of nitrogens with zero attached hydrogens (tertiary/aromatic N) is 5. The van der Waals surface area contributed by atoms with Crippen molar-refractivity contribution in [1.29, 1.82) is 0 Å². The van der Waals surface area contributed by atoms with Crippen molar-refractivity contribution in [3.8, 4) is 0 Å². The highest BCUT2D eigenvalue weighted by atomic mass is 16.6. The fraction of sp³-hybridized carbons (Fsp3) is 0.636. The number of nitrogen functional groups attached to an aromatic ring is 1. The molecule has 1 aromatic rings. The largest absolute Gasteiger partial charge is 0.368 e. The Bertz CT molecular complexity index is 437. The lowest BCUT2D eigenvalue weighted by molar-refractivity contribution is -0.384. The number of rotatable bonds is 7. The van der Waals surface area contributed by atoms with Crippen LogP contribution in [0, 0.1) is 10.1 Å². The van der Waals surface area contributed by atoms with Gasteiger partial charge in [-0.25, -0.2) is 4.98 Å². The minimum absolute atomic E-state index is 0.0478. The Morgan fingerprint density at radius 2 is 2.11 bits per heavy atom. The molecule has 0 aliphatic rings. The van der Waals surface area contributed by atoms with Gasteiger partial charge in [0.25, 0.3) is 0 Å². The summed E-state index contributed by atoms with van der Waals surface area (Å²) >= 11 is 0. The maximum atomic E-state index is 11.0. The Labute approximate surface area is 112 Å². The van der Waals surface area contributed by atoms with Gasteiger partial charge in [0.15, 0.2) is 0 Å². The normalized spacial score (nSPS) is 10.7. The molecule has 0 radical (unpaired) electrons. The van der Waals surface area contributed by atoms with Crippen LogP contribution in [0.15, 0.2) is 6.20 Å². The molecule has 0 bridgehead atoms. The predicted octanol–water partition coefficient (Wildman–Crippen LogP) is 0.745. The number of hydrogen-bond acceptors (Lipinski definition) is 7. The predicted molar refractivity (Wildman–Crippen MR) is 74.2 cm³/mol. The first kappa shape index (κ1) is 15.1. The van der Waals surface area contributed by atoms with Crippen molar-refractivity contribution in [2.45, 2.75) is 13.3 Å². The van der Waals surface area contributed by atoms with Gasteiger partial charge in [-0.15, -0.1) is 0 Å². The molecule has 19 heavy (non-hydrogen) atoms. The summed E-state index contributed by atoms with van der Waals surface area (Å²) in [5.74, 6) is 0.338. The monoisotopic (exact) mass is 268 g/mol. The lowest BCUT2D eigenvalue weighted by Crippen LogP contribution is -2.28. The summed E-state index contributed by atoms with van der Waals surface area (Å²) < 4.78 is 0. The molecule has 0 aliphatic heterocycles. The maximum absolute atomic E-state index is 11.0. The van der Waals surface area contributed by atoms with Crippen LogP contribution < -0.4 is 10.6 Å². The molecule has 2 N–H and O–H groups in total. The molecule has 0 unspecified atom stereocenters. The van der Waals surface area contributed by atoms with Crippen LogP contribution in [-0.2, 0) is 0 Å². The smallest absolute Gasteiger partial charge is 0.329 e. The molecule has 8 heteroatoms. The number of aromatic nitrogens is 2. The number of hydrogen-bond donors (Lipinski definition) is 1. The Balaban J connectivity index is 2.90. The van der Waals surface area contributed by atoms with Crippen LogP contribution in [0.25, 0.3) is 0 Å². The van der Waals surface area contributed by atoms with Crippen LogP contribution >= 0.6 is 0 Å². The van der Waals surface area contributed by atoms with Crippen molar-refractivity contribution in [1.82, 2.24) is 14.9 Å². The molecular formula is C11H20N6O2. The first-order valence-electron chi connectivity index (χ1n) is 6.12. The number of nitro groups is 1. The molecule has 8 nitrogen and oxygen atoms in total. The second kappa shape index (κ2) is 6.83. The molecule has 0 aliphatic carbocycles. The summed E-state index contributed by atoms with van der Waals surface area (Å²) in [5, 5.41) is 11.0. The molecule has 1 rings (SSSR count). The second-order valence-corrected chi connectivity index (χ2v) is 4.43. The third kappa shape index (κ3) is 4.32. The van der Waals surface area contributed by atoms with E-state index < -0.39 is 4.92 Å². The molecule has 106 valence electrons. The molecule has 0 aromatic carbocycles. The van der Waals surface area contributed by atoms with Crippen molar-refractivity contribution in [2.24, 2.45) is 0 Å². The molecule has 0 atom stereocenters. The first-order chi connectivity index (χ1) is 8.95. The molecule has 0 amide bonds. The van der Waals surface area contributed by atoms with Crippen molar-refractivity contribution in [3.63, 3.8) is 0 Å². The van der Waals surface area contributed by atoms with Gasteiger partial charge in [0.05, 0.1) is 4.92 Å². The summed E-state index contributed by atoms with van der Waals surface area (Å²) in [6, 6.07) is 0. The molecular weight excluding hydrogens is 248 g/mol. The summed E-state index contributed by atoms with van der Waals surface area (Å²) in [4.78, 5) is 22.1. The van der Waals surface area contributed by atoms with E-state index in [1.54, 1.807) is 0 Å². The van der Waals surface area contributed by atoms with Gasteiger partial charge >= 0.3 is 5.69 Å². The van der Waals surface area contributed by atoms with E-state index in [9.17, 15) is 10.1 Å². The zero-order valence-electron chi connectivity index (χ0n) is 11.5. The molecule has 0 fully saturated rings. The van der Waals surface area contributed by atoms with E-state index in [2.05, 4.69) is 14.9 Å². The van der Waals surface area contributed by atoms with Gasteiger partial charge in [0.1, 0.15) is 6.20 Å². The summed E-state index contributed by atoms with van der Waals surface area (Å²) in [6.07, 6.45) is 2.05. The lowest BCUT2D eigenvalue weighted by atomic mass is 10.3. The van der Waals surface area contributed by atoms with Gasteiger partial charge in [-0.3, -0.25) is 10.1 Å². The minimum atomic E-state index is -0.483. The summed E-state index contributed by atoms with van der Waals surface area (Å²) in [7, 11) is 3.98. The van der Waals surface area contributed by atoms with Gasteiger partial charge in [-0.1, -0.05) is 0 Å². The Morgan fingerprint density at radius 3 is 2.63 bits per heavy atom. The first-order valence-corrected chi connectivity index (χ1v) is 6.12. The van der Waals surface area contributed by atoms with E-state index in [1.165, 1.54) is 0 Å². The zero-order chi connectivity index (χ0) is 14.4. The molecule has 0 saturated heterocycles. The van der Waals surface area contributed by atoms with Crippen molar-refractivity contribution in [2.75, 3.05) is 44.4 Å². The minimum Gasteiger partial charge on any atom is -0.368 e. The van der Waals surface area contributed by atoms with Crippen LogP contribution in [0.1, 0.15) is 13.3 Å². The van der Waals surface area contributed by atoms with E-state index >= 15 is 0 Å². The Morgan fingerprint density at radius 1 is 1.42 bits per heavy atom. The Hall–Kier alpha value is -1.96. The summed E-state index contributed by atoms with van der Waals surface area (Å²) in [5.41, 5.74) is 5.41. The van der Waals surface area contributed by atoms with Crippen molar-refractivity contribution < 1.29 is 4.92 Å². The van der Waals surface area contributed by atoms with Gasteiger partial charge in [-0.05, 0) is 34.0 Å². The quantitative estimate of drug-likeness (QED) is 0.575. The highest BCUT2D eigenvalue weighted by Crippen LogP contribution is 2.25. The van der Waals surface area contributed by atoms with Crippen LogP contribution in [0.4, 0.5) is 17.5 Å². The maximum Gasteiger partial charge on any atom is 0.329 e. The van der Waals surface area contributed by atoms with E-state index in [1.807, 2.05) is 25.9 Å². The van der Waals surface area contributed by atoms with Crippen LogP contribution in [-0.4, -0.2) is 53.5 Å². The van der Waals surface area contributed by atoms with Gasteiger partial charge in [-0.2, -0.15) is 4.98 Å². The Kier molecular flexibility index (Phi) is 5.43. The number of nitrogens with two attached hydrogens (primary N) is 1. The molecule has 0 spiro atoms. The van der Waals surface area contributed by atoms with Gasteiger partial charge < -0.3 is 15.5 Å². The average molecular weight is 268 g/mol. The molecule has 0 saturated carbocycles. The third-order valence-corrected chi connectivity index (χ3v) is 2.68. The highest BCUT2D eigenvalue weighted by molar-refractivity contribution is 5.58. The van der Waals surface area contributed by atoms with Crippen LogP contribution in [0.2, 0.25) is 0 Å². The highest BCUT2D eigenvalue weighted by Gasteiger charge is 2.21. The lowest BCUT2D eigenvalue weighted by Gasteiger charge is -2.22. The molecule has 1 aromatic heterocycles. The number of anilines is 2. The van der Waals surface area contributed by atoms with E-state index in [0.717, 1.165) is 19.2 Å². The fourth-order valence-electron chi connectivity index (χ4n) is 1.73. The van der Waals surface area contributed by atoms with Crippen molar-refractivity contribution >= 4 is 17.5 Å². The summed E-state index contributed by atoms with van der Waals surface area (Å²) in [6.45, 7) is 4.15. The van der Waals surface area contributed by atoms with E-state index in [4.69, 9.17) is 5.73 Å². The van der Waals surface area contributed by atoms with E-state index in [-0.39, 0.29) is 11.6 Å². The van der Waals surface area contributed by atoms with Crippen LogP contribution in [0.5, 0.6) is 0 Å². The van der Waals surface area contributed by atoms with Crippen LogP contribution in [0.3, 0.4) is 0 Å². The zero-order valence-corrected chi connectivity index (χ0v) is 11.5. The topological polar surface area (TPSA) is 101 Å². The second-order valence-electron chi connectivity index (χ2n) is 4.43.